The molecule has 0 aliphatic carbocycles. The maximum Gasteiger partial charge on any atom is 0.299 e. The molecule has 4 aromatic rings. The smallest absolute Gasteiger partial charge is 0.236 e. The van der Waals surface area contributed by atoms with Crippen LogP contribution in [0.4, 0.5) is 0 Å². The van der Waals surface area contributed by atoms with E-state index in [1.165, 1.54) is 12.1 Å². The molecular formula is C21H16Na2O6S2. The maximum atomic E-state index is 12.6. The van der Waals surface area contributed by atoms with Crippen molar-refractivity contribution in [2.24, 2.45) is 0 Å². The monoisotopic (exact) mass is 474 g/mol. The second-order valence-corrected chi connectivity index (χ2v) is 9.38. The van der Waals surface area contributed by atoms with E-state index in [1.807, 2.05) is 0 Å². The molecule has 0 atom stereocenters. The molecule has 0 saturated heterocycles. The van der Waals surface area contributed by atoms with Crippen LogP contribution >= 0.6 is 0 Å². The standard InChI is InChI=1S/C21H16O6S2.2Na/c22-28(23,20-13-5-9-16-7-1-3-11-18(16)20)26-15-27-29(24,25)21-14-6-10-17-8-2-4-12-19(17)21;;/h1-14H,15H2;;. The topological polar surface area (TPSA) is 86.7 Å². The average Bonchev–Trinajstić information content (AvgIpc) is 2.72. The predicted molar refractivity (Wildman–Crippen MR) is 121 cm³/mol. The number of hydrogen-bond acceptors (Lipinski definition) is 6. The first kappa shape index (κ1) is 26.5. The van der Waals surface area contributed by atoms with Crippen molar-refractivity contribution in [3.05, 3.63) is 84.9 Å². The van der Waals surface area contributed by atoms with Crippen molar-refractivity contribution >= 4 is 101 Å². The third kappa shape index (κ3) is 5.78. The van der Waals surface area contributed by atoms with Crippen molar-refractivity contribution in [1.29, 1.82) is 0 Å². The van der Waals surface area contributed by atoms with Gasteiger partial charge in [-0.05, 0) is 22.9 Å². The normalized spacial score (nSPS) is 11.6. The number of benzene rings is 4. The van der Waals surface area contributed by atoms with Gasteiger partial charge in [-0.15, -0.1) is 0 Å². The van der Waals surface area contributed by atoms with Gasteiger partial charge < -0.3 is 0 Å². The van der Waals surface area contributed by atoms with Crippen LogP contribution in [0.2, 0.25) is 0 Å². The first-order chi connectivity index (χ1) is 13.9. The Morgan fingerprint density at radius 2 is 0.871 bits per heavy atom. The molecule has 4 aromatic carbocycles. The molecule has 0 N–H and O–H groups in total. The van der Waals surface area contributed by atoms with E-state index in [0.717, 1.165) is 10.8 Å². The van der Waals surface area contributed by atoms with Crippen LogP contribution in [0.3, 0.4) is 0 Å². The van der Waals surface area contributed by atoms with Crippen LogP contribution in [0.15, 0.2) is 94.7 Å². The minimum absolute atomic E-state index is 0. The minimum atomic E-state index is -4.22. The Balaban J connectivity index is 0.00000171. The molecule has 0 fully saturated rings. The summed E-state index contributed by atoms with van der Waals surface area (Å²) in [6.07, 6.45) is 0. The maximum absolute atomic E-state index is 12.6. The first-order valence-corrected chi connectivity index (χ1v) is 11.4. The van der Waals surface area contributed by atoms with Crippen LogP contribution < -0.4 is 0 Å². The molecule has 0 aliphatic heterocycles. The largest absolute Gasteiger partial charge is 0.299 e. The molecule has 0 spiro atoms. The Hall–Kier alpha value is -0.780. The van der Waals surface area contributed by atoms with Gasteiger partial charge in [0.05, 0.1) is 0 Å². The number of rotatable bonds is 6. The quantitative estimate of drug-likeness (QED) is 0.242. The molecule has 0 saturated carbocycles. The van der Waals surface area contributed by atoms with Gasteiger partial charge in [-0.1, -0.05) is 72.8 Å². The molecular weight excluding hydrogens is 458 g/mol. The van der Waals surface area contributed by atoms with Gasteiger partial charge in [0.1, 0.15) is 9.79 Å². The fourth-order valence-corrected chi connectivity index (χ4v) is 5.17. The van der Waals surface area contributed by atoms with E-state index in [1.54, 1.807) is 72.8 Å². The third-order valence-electron chi connectivity index (χ3n) is 4.44. The van der Waals surface area contributed by atoms with Crippen LogP contribution in [-0.4, -0.2) is 82.7 Å². The second-order valence-electron chi connectivity index (χ2n) is 6.22. The van der Waals surface area contributed by atoms with Crippen molar-refractivity contribution in [2.45, 2.75) is 9.79 Å². The molecule has 0 aromatic heterocycles. The molecule has 0 aliphatic rings. The van der Waals surface area contributed by atoms with Crippen LogP contribution in [-0.2, 0) is 28.6 Å². The van der Waals surface area contributed by atoms with Crippen molar-refractivity contribution in [1.82, 2.24) is 0 Å². The summed E-state index contributed by atoms with van der Waals surface area (Å²) >= 11 is 0. The van der Waals surface area contributed by atoms with Crippen molar-refractivity contribution in [3.8, 4) is 0 Å². The van der Waals surface area contributed by atoms with Crippen molar-refractivity contribution in [2.75, 3.05) is 6.79 Å². The first-order valence-electron chi connectivity index (χ1n) is 8.63. The van der Waals surface area contributed by atoms with Gasteiger partial charge in [0.25, 0.3) is 20.2 Å². The van der Waals surface area contributed by atoms with Gasteiger partial charge in [-0.2, -0.15) is 16.8 Å². The zero-order valence-electron chi connectivity index (χ0n) is 17.1. The van der Waals surface area contributed by atoms with E-state index >= 15 is 0 Å². The Bertz CT molecular complexity index is 1300. The van der Waals surface area contributed by atoms with E-state index in [2.05, 4.69) is 0 Å². The molecule has 0 unspecified atom stereocenters. The summed E-state index contributed by atoms with van der Waals surface area (Å²) in [5.74, 6) is 0. The molecule has 2 radical (unpaired) electrons. The summed E-state index contributed by atoms with van der Waals surface area (Å²) < 4.78 is 60.1. The van der Waals surface area contributed by atoms with E-state index in [-0.39, 0.29) is 68.9 Å². The second kappa shape index (κ2) is 10.9. The summed E-state index contributed by atoms with van der Waals surface area (Å²) in [4.78, 5) is -0.108. The fourth-order valence-electron chi connectivity index (χ4n) is 3.10. The third-order valence-corrected chi connectivity index (χ3v) is 7.05. The summed E-state index contributed by atoms with van der Waals surface area (Å²) in [6.45, 7) is -0.961. The fraction of sp³-hybridized carbons (Fsp3) is 0.0476. The number of fused-ring (bicyclic) bond motifs is 2. The Morgan fingerprint density at radius 3 is 1.29 bits per heavy atom. The van der Waals surface area contributed by atoms with E-state index in [0.29, 0.717) is 10.8 Å². The Kier molecular flexibility index (Phi) is 9.30. The van der Waals surface area contributed by atoms with Crippen LogP contribution in [0.1, 0.15) is 0 Å². The van der Waals surface area contributed by atoms with Crippen LogP contribution in [0.25, 0.3) is 21.5 Å². The predicted octanol–water partition coefficient (Wildman–Crippen LogP) is 3.30. The van der Waals surface area contributed by atoms with Crippen LogP contribution in [0.5, 0.6) is 0 Å². The van der Waals surface area contributed by atoms with Crippen molar-refractivity contribution in [3.63, 3.8) is 0 Å². The molecule has 0 amide bonds. The van der Waals surface area contributed by atoms with E-state index in [4.69, 9.17) is 8.37 Å². The number of hydrogen-bond donors (Lipinski definition) is 0. The molecule has 150 valence electrons. The zero-order chi connectivity index (χ0) is 20.5. The molecule has 0 bridgehead atoms. The molecule has 10 heteroatoms. The Labute approximate surface area is 225 Å². The summed E-state index contributed by atoms with van der Waals surface area (Å²) in [6, 6.07) is 23.4. The van der Waals surface area contributed by atoms with Gasteiger partial charge in [0, 0.05) is 69.9 Å². The Morgan fingerprint density at radius 1 is 0.516 bits per heavy atom. The average molecular weight is 474 g/mol. The summed E-state index contributed by atoms with van der Waals surface area (Å²) in [5.41, 5.74) is 0. The van der Waals surface area contributed by atoms with Gasteiger partial charge in [-0.3, -0.25) is 0 Å². The van der Waals surface area contributed by atoms with E-state index < -0.39 is 27.0 Å². The molecule has 31 heavy (non-hydrogen) atoms. The van der Waals surface area contributed by atoms with Crippen molar-refractivity contribution < 1.29 is 25.2 Å². The zero-order valence-corrected chi connectivity index (χ0v) is 22.7. The van der Waals surface area contributed by atoms with Gasteiger partial charge in [-0.25, -0.2) is 8.37 Å². The van der Waals surface area contributed by atoms with Gasteiger partial charge in [0.2, 0.25) is 0 Å². The summed E-state index contributed by atoms with van der Waals surface area (Å²) in [5, 5.41) is 2.40. The van der Waals surface area contributed by atoms with E-state index in [9.17, 15) is 16.8 Å². The summed E-state index contributed by atoms with van der Waals surface area (Å²) in [7, 11) is -8.45. The minimum Gasteiger partial charge on any atom is -0.236 e. The molecule has 4 rings (SSSR count). The van der Waals surface area contributed by atoms with Crippen LogP contribution in [0, 0.1) is 0 Å². The molecule has 0 heterocycles. The molecule has 6 nitrogen and oxygen atoms in total. The van der Waals surface area contributed by atoms with Gasteiger partial charge in [0.15, 0.2) is 6.79 Å². The SMILES string of the molecule is O=S(=O)(OCOS(=O)(=O)c1cccc2ccccc12)c1cccc2ccccc12.[Na].[Na]. The van der Waals surface area contributed by atoms with Gasteiger partial charge >= 0.3 is 0 Å².